The Morgan fingerprint density at radius 3 is 2.55 bits per heavy atom. The van der Waals surface area contributed by atoms with E-state index < -0.39 is 0 Å². The fourth-order valence-corrected chi connectivity index (χ4v) is 2.24. The summed E-state index contributed by atoms with van der Waals surface area (Å²) in [7, 11) is 4.08. The Bertz CT molecular complexity index is 557. The first-order valence-corrected chi connectivity index (χ1v) is 6.93. The van der Waals surface area contributed by atoms with E-state index >= 15 is 0 Å². The number of anilines is 1. The highest BCUT2D eigenvalue weighted by Gasteiger charge is 2.08. The number of hydrogen-bond acceptors (Lipinski definition) is 4. The lowest BCUT2D eigenvalue weighted by molar-refractivity contribution is 0.392. The quantitative estimate of drug-likeness (QED) is 0.859. The summed E-state index contributed by atoms with van der Waals surface area (Å²) in [4.78, 5) is 10.9. The normalized spacial score (nSPS) is 12.4. The summed E-state index contributed by atoms with van der Waals surface area (Å²) in [5.41, 5.74) is 0.957. The van der Waals surface area contributed by atoms with Gasteiger partial charge in [-0.25, -0.2) is 9.97 Å². The van der Waals surface area contributed by atoms with E-state index in [9.17, 15) is 0 Å². The third-order valence-corrected chi connectivity index (χ3v) is 2.95. The van der Waals surface area contributed by atoms with Gasteiger partial charge in [0.2, 0.25) is 0 Å². The molecule has 1 unspecified atom stereocenters. The lowest BCUT2D eigenvalue weighted by atomic mass is 10.2. The molecule has 0 fully saturated rings. The van der Waals surface area contributed by atoms with Gasteiger partial charge in [0.05, 0.1) is 0 Å². The van der Waals surface area contributed by atoms with Crippen LogP contribution in [0.15, 0.2) is 36.4 Å². The van der Waals surface area contributed by atoms with Crippen LogP contribution in [0.3, 0.4) is 0 Å². The van der Waals surface area contributed by atoms with Crippen molar-refractivity contribution >= 4 is 17.4 Å². The molecule has 1 aromatic carbocycles. The van der Waals surface area contributed by atoms with Gasteiger partial charge in [0, 0.05) is 24.2 Å². The van der Waals surface area contributed by atoms with Gasteiger partial charge in [0.25, 0.3) is 0 Å². The number of rotatable bonds is 5. The van der Waals surface area contributed by atoms with Crippen molar-refractivity contribution in [2.75, 3.05) is 26.0 Å². The van der Waals surface area contributed by atoms with Crippen LogP contribution in [0, 0.1) is 0 Å². The van der Waals surface area contributed by atoms with E-state index in [1.54, 1.807) is 6.07 Å². The van der Waals surface area contributed by atoms with Gasteiger partial charge in [-0.3, -0.25) is 0 Å². The molecule has 2 aromatic rings. The summed E-state index contributed by atoms with van der Waals surface area (Å²) < 4.78 is 0. The lowest BCUT2D eigenvalue weighted by Crippen LogP contribution is -2.30. The van der Waals surface area contributed by atoms with Crippen LogP contribution in [0.4, 0.5) is 5.82 Å². The van der Waals surface area contributed by atoms with Crippen molar-refractivity contribution in [1.29, 1.82) is 0 Å². The van der Waals surface area contributed by atoms with Crippen molar-refractivity contribution in [3.05, 3.63) is 41.6 Å². The van der Waals surface area contributed by atoms with E-state index in [0.717, 1.165) is 17.9 Å². The molecule has 5 heteroatoms. The van der Waals surface area contributed by atoms with Gasteiger partial charge in [-0.1, -0.05) is 41.9 Å². The average molecular weight is 291 g/mol. The Hall–Kier alpha value is -1.65. The number of likely N-dealkylation sites (N-methyl/N-ethyl adjacent to an activating group) is 1. The predicted octanol–water partition coefficient (Wildman–Crippen LogP) is 3.16. The number of benzene rings is 1. The lowest BCUT2D eigenvalue weighted by Gasteiger charge is -2.19. The molecule has 0 saturated heterocycles. The molecule has 0 saturated carbocycles. The molecule has 0 radical (unpaired) electrons. The van der Waals surface area contributed by atoms with Crippen molar-refractivity contribution in [3.63, 3.8) is 0 Å². The van der Waals surface area contributed by atoms with Crippen LogP contribution in [0.1, 0.15) is 6.92 Å². The van der Waals surface area contributed by atoms with E-state index in [-0.39, 0.29) is 6.04 Å². The first kappa shape index (κ1) is 14.8. The average Bonchev–Trinajstić information content (AvgIpc) is 2.38. The molecule has 106 valence electrons. The van der Waals surface area contributed by atoms with Crippen molar-refractivity contribution < 1.29 is 0 Å². The van der Waals surface area contributed by atoms with Crippen molar-refractivity contribution in [2.24, 2.45) is 0 Å². The third kappa shape index (κ3) is 4.18. The van der Waals surface area contributed by atoms with E-state index in [1.807, 2.05) is 44.4 Å². The van der Waals surface area contributed by atoms with Gasteiger partial charge < -0.3 is 10.2 Å². The molecule has 0 spiro atoms. The van der Waals surface area contributed by atoms with Crippen LogP contribution in [-0.4, -0.2) is 41.5 Å². The van der Waals surface area contributed by atoms with Crippen LogP contribution < -0.4 is 5.32 Å². The maximum absolute atomic E-state index is 6.09. The number of aromatic nitrogens is 2. The minimum absolute atomic E-state index is 0.277. The summed E-state index contributed by atoms with van der Waals surface area (Å²) >= 11 is 6.09. The van der Waals surface area contributed by atoms with Crippen LogP contribution in [0.25, 0.3) is 11.4 Å². The summed E-state index contributed by atoms with van der Waals surface area (Å²) in [5.74, 6) is 1.39. The fourth-order valence-electron chi connectivity index (χ4n) is 2.05. The largest absolute Gasteiger partial charge is 0.366 e. The first-order chi connectivity index (χ1) is 9.54. The molecule has 2 rings (SSSR count). The Kier molecular flexibility index (Phi) is 4.93. The van der Waals surface area contributed by atoms with Gasteiger partial charge in [0.15, 0.2) is 5.82 Å². The van der Waals surface area contributed by atoms with E-state index in [1.165, 1.54) is 0 Å². The maximum atomic E-state index is 6.09. The Labute approximate surface area is 124 Å². The van der Waals surface area contributed by atoms with E-state index in [0.29, 0.717) is 11.0 Å². The van der Waals surface area contributed by atoms with Crippen LogP contribution in [0.5, 0.6) is 0 Å². The second-order valence-corrected chi connectivity index (χ2v) is 5.46. The standard InChI is InChI=1S/C15H19ClN4/c1-11(10-20(2)3)17-14-9-13(16)18-15(19-14)12-7-5-4-6-8-12/h4-9,11H,10H2,1-3H3,(H,17,18,19). The molecular weight excluding hydrogens is 272 g/mol. The van der Waals surface area contributed by atoms with E-state index in [4.69, 9.17) is 11.6 Å². The van der Waals surface area contributed by atoms with Gasteiger partial charge >= 0.3 is 0 Å². The topological polar surface area (TPSA) is 41.0 Å². The van der Waals surface area contributed by atoms with Crippen molar-refractivity contribution in [1.82, 2.24) is 14.9 Å². The number of halogens is 1. The van der Waals surface area contributed by atoms with Crippen LogP contribution >= 0.6 is 11.6 Å². The highest BCUT2D eigenvalue weighted by molar-refractivity contribution is 6.29. The first-order valence-electron chi connectivity index (χ1n) is 6.56. The van der Waals surface area contributed by atoms with Gasteiger partial charge in [-0.05, 0) is 21.0 Å². The molecule has 1 heterocycles. The SMILES string of the molecule is CC(CN(C)C)Nc1cc(Cl)nc(-c2ccccc2)n1. The molecule has 0 aliphatic heterocycles. The van der Waals surface area contributed by atoms with Gasteiger partial charge in [-0.2, -0.15) is 0 Å². The Balaban J connectivity index is 2.21. The van der Waals surface area contributed by atoms with Crippen LogP contribution in [-0.2, 0) is 0 Å². The second-order valence-electron chi connectivity index (χ2n) is 5.07. The molecular formula is C15H19ClN4. The molecule has 0 aliphatic rings. The molecule has 0 bridgehead atoms. The molecule has 4 nitrogen and oxygen atoms in total. The third-order valence-electron chi connectivity index (χ3n) is 2.76. The second kappa shape index (κ2) is 6.68. The summed E-state index contributed by atoms with van der Waals surface area (Å²) in [6.45, 7) is 3.03. The molecule has 0 aliphatic carbocycles. The minimum atomic E-state index is 0.277. The Morgan fingerprint density at radius 1 is 1.20 bits per heavy atom. The van der Waals surface area contributed by atoms with Crippen molar-refractivity contribution in [2.45, 2.75) is 13.0 Å². The zero-order valence-corrected chi connectivity index (χ0v) is 12.7. The molecule has 0 amide bonds. The van der Waals surface area contributed by atoms with Crippen LogP contribution in [0.2, 0.25) is 5.15 Å². The highest BCUT2D eigenvalue weighted by Crippen LogP contribution is 2.20. The van der Waals surface area contributed by atoms with E-state index in [2.05, 4.69) is 27.1 Å². The molecule has 1 N–H and O–H groups in total. The van der Waals surface area contributed by atoms with Gasteiger partial charge in [-0.15, -0.1) is 0 Å². The number of hydrogen-bond donors (Lipinski definition) is 1. The number of nitrogens with one attached hydrogen (secondary N) is 1. The minimum Gasteiger partial charge on any atom is -0.366 e. The van der Waals surface area contributed by atoms with Crippen molar-refractivity contribution in [3.8, 4) is 11.4 Å². The molecule has 20 heavy (non-hydrogen) atoms. The predicted molar refractivity (Wildman–Crippen MR) is 84.1 cm³/mol. The summed E-state index contributed by atoms with van der Waals surface area (Å²) in [5, 5.41) is 3.79. The Morgan fingerprint density at radius 2 is 1.90 bits per heavy atom. The summed E-state index contributed by atoms with van der Waals surface area (Å²) in [6.07, 6.45) is 0. The fraction of sp³-hybridized carbons (Fsp3) is 0.333. The number of nitrogens with zero attached hydrogens (tertiary/aromatic N) is 3. The highest BCUT2D eigenvalue weighted by atomic mass is 35.5. The summed E-state index contributed by atoms with van der Waals surface area (Å²) in [6, 6.07) is 11.9. The smallest absolute Gasteiger partial charge is 0.163 e. The van der Waals surface area contributed by atoms with Gasteiger partial charge in [0.1, 0.15) is 11.0 Å². The molecule has 1 aromatic heterocycles. The zero-order chi connectivity index (χ0) is 14.5. The monoisotopic (exact) mass is 290 g/mol. The zero-order valence-electron chi connectivity index (χ0n) is 12.0. The molecule has 1 atom stereocenters. The maximum Gasteiger partial charge on any atom is 0.163 e.